The van der Waals surface area contributed by atoms with Gasteiger partial charge in [-0.1, -0.05) is 12.1 Å². The number of methoxy groups -OCH3 is 1. The Morgan fingerprint density at radius 2 is 1.94 bits per heavy atom. The molecular formula is C22H24N4O4S. The number of carbonyl (C=O) groups excluding carboxylic acids is 1. The second-order valence-electron chi connectivity index (χ2n) is 7.52. The zero-order valence-electron chi connectivity index (χ0n) is 17.3. The molecule has 1 saturated carbocycles. The highest BCUT2D eigenvalue weighted by atomic mass is 32.2. The van der Waals surface area contributed by atoms with E-state index in [1.54, 1.807) is 18.6 Å². The smallest absolute Gasteiger partial charge is 0.251 e. The molecule has 31 heavy (non-hydrogen) atoms. The van der Waals surface area contributed by atoms with Gasteiger partial charge in [0.05, 0.1) is 19.5 Å². The second-order valence-corrected chi connectivity index (χ2v) is 9.20. The molecule has 8 nitrogen and oxygen atoms in total. The van der Waals surface area contributed by atoms with E-state index in [1.165, 1.54) is 19.2 Å². The summed E-state index contributed by atoms with van der Waals surface area (Å²) in [4.78, 5) is 16.8. The van der Waals surface area contributed by atoms with Crippen molar-refractivity contribution in [3.63, 3.8) is 0 Å². The molecular weight excluding hydrogens is 416 g/mol. The van der Waals surface area contributed by atoms with Gasteiger partial charge in [-0.05, 0) is 55.7 Å². The Hall–Kier alpha value is -3.17. The molecule has 1 aliphatic carbocycles. The number of ether oxygens (including phenoxy) is 1. The number of nitrogens with one attached hydrogen (secondary N) is 2. The molecule has 0 spiro atoms. The first-order valence-corrected chi connectivity index (χ1v) is 11.5. The van der Waals surface area contributed by atoms with Crippen LogP contribution < -0.4 is 14.8 Å². The number of hydrogen-bond donors (Lipinski definition) is 2. The topological polar surface area (TPSA) is 102 Å². The van der Waals surface area contributed by atoms with E-state index in [-0.39, 0.29) is 34.2 Å². The zero-order valence-corrected chi connectivity index (χ0v) is 18.1. The van der Waals surface area contributed by atoms with Crippen molar-refractivity contribution in [2.24, 2.45) is 0 Å². The van der Waals surface area contributed by atoms with E-state index < -0.39 is 10.0 Å². The largest absolute Gasteiger partial charge is 0.495 e. The van der Waals surface area contributed by atoms with Gasteiger partial charge in [-0.25, -0.2) is 18.1 Å². The number of imidazole rings is 1. The van der Waals surface area contributed by atoms with Gasteiger partial charge in [0, 0.05) is 29.7 Å². The summed E-state index contributed by atoms with van der Waals surface area (Å²) in [6.45, 7) is 1.87. The van der Waals surface area contributed by atoms with Gasteiger partial charge in [0.1, 0.15) is 10.6 Å². The predicted octanol–water partition coefficient (Wildman–Crippen LogP) is 2.81. The van der Waals surface area contributed by atoms with Gasteiger partial charge >= 0.3 is 0 Å². The van der Waals surface area contributed by atoms with Crippen LogP contribution in [0.1, 0.15) is 41.7 Å². The maximum atomic E-state index is 12.8. The fourth-order valence-corrected chi connectivity index (χ4v) is 4.72. The van der Waals surface area contributed by atoms with Gasteiger partial charge in [-0.3, -0.25) is 4.79 Å². The van der Waals surface area contributed by atoms with Crippen LogP contribution in [-0.4, -0.2) is 37.0 Å². The first-order chi connectivity index (χ1) is 14.9. The summed E-state index contributed by atoms with van der Waals surface area (Å²) < 4.78 is 35.1. The van der Waals surface area contributed by atoms with Crippen LogP contribution in [-0.2, 0) is 10.0 Å². The summed E-state index contributed by atoms with van der Waals surface area (Å²) in [6.07, 6.45) is 6.92. The normalized spacial score (nSPS) is 14.8. The summed E-state index contributed by atoms with van der Waals surface area (Å²) in [7, 11) is -2.36. The van der Waals surface area contributed by atoms with E-state index in [9.17, 15) is 13.2 Å². The van der Waals surface area contributed by atoms with Crippen molar-refractivity contribution >= 4 is 15.9 Å². The molecule has 2 N–H and O–H groups in total. The Kier molecular flexibility index (Phi) is 5.79. The van der Waals surface area contributed by atoms with E-state index in [0.717, 1.165) is 24.1 Å². The number of hydrogen-bond acceptors (Lipinski definition) is 5. The maximum absolute atomic E-state index is 12.8. The number of carbonyl (C=O) groups is 1. The molecule has 1 atom stereocenters. The third-order valence-electron chi connectivity index (χ3n) is 5.16. The van der Waals surface area contributed by atoms with Crippen molar-refractivity contribution < 1.29 is 17.9 Å². The lowest BCUT2D eigenvalue weighted by atomic mass is 10.1. The summed E-state index contributed by atoms with van der Waals surface area (Å²) >= 11 is 0. The van der Waals surface area contributed by atoms with Crippen molar-refractivity contribution in [1.82, 2.24) is 19.6 Å². The van der Waals surface area contributed by atoms with Crippen molar-refractivity contribution in [2.75, 3.05) is 7.11 Å². The minimum Gasteiger partial charge on any atom is -0.495 e. The molecule has 0 radical (unpaired) electrons. The molecule has 1 heterocycles. The van der Waals surface area contributed by atoms with E-state index in [0.29, 0.717) is 0 Å². The SMILES string of the molecule is COc1ccc(C(=O)N[C@@H](C)c2ccc(-n3ccnc3)cc2)cc1S(=O)(=O)NC1CC1. The molecule has 1 amide bonds. The summed E-state index contributed by atoms with van der Waals surface area (Å²) in [6, 6.07) is 11.9. The lowest BCUT2D eigenvalue weighted by Gasteiger charge is -2.16. The predicted molar refractivity (Wildman–Crippen MR) is 116 cm³/mol. The number of nitrogens with zero attached hydrogens (tertiary/aromatic N) is 2. The second kappa shape index (κ2) is 8.52. The average Bonchev–Trinajstić information content (AvgIpc) is 3.39. The van der Waals surface area contributed by atoms with Crippen molar-refractivity contribution in [2.45, 2.75) is 36.7 Å². The molecule has 4 rings (SSSR count). The first kappa shape index (κ1) is 21.1. The molecule has 0 bridgehead atoms. The number of rotatable bonds is 8. The highest BCUT2D eigenvalue weighted by Crippen LogP contribution is 2.28. The molecule has 9 heteroatoms. The summed E-state index contributed by atoms with van der Waals surface area (Å²) in [5.41, 5.74) is 2.14. The molecule has 1 aliphatic rings. The third kappa shape index (κ3) is 4.78. The number of amides is 1. The van der Waals surface area contributed by atoms with Crippen molar-refractivity contribution in [1.29, 1.82) is 0 Å². The molecule has 0 saturated heterocycles. The minimum atomic E-state index is -3.77. The fourth-order valence-electron chi connectivity index (χ4n) is 3.22. The number of sulfonamides is 1. The molecule has 0 aliphatic heterocycles. The van der Waals surface area contributed by atoms with Gasteiger partial charge in [-0.15, -0.1) is 0 Å². The Labute approximate surface area is 181 Å². The zero-order chi connectivity index (χ0) is 22.0. The van der Waals surface area contributed by atoms with Crippen LogP contribution in [0.25, 0.3) is 5.69 Å². The minimum absolute atomic E-state index is 0.0353. The van der Waals surface area contributed by atoms with Crippen LogP contribution >= 0.6 is 0 Å². The lowest BCUT2D eigenvalue weighted by molar-refractivity contribution is 0.0939. The van der Waals surface area contributed by atoms with Gasteiger partial charge in [0.2, 0.25) is 10.0 Å². The monoisotopic (exact) mass is 440 g/mol. The Morgan fingerprint density at radius 3 is 2.55 bits per heavy atom. The Morgan fingerprint density at radius 1 is 1.19 bits per heavy atom. The van der Waals surface area contributed by atoms with Gasteiger partial charge < -0.3 is 14.6 Å². The summed E-state index contributed by atoms with van der Waals surface area (Å²) in [5, 5.41) is 2.92. The molecule has 3 aromatic rings. The lowest BCUT2D eigenvalue weighted by Crippen LogP contribution is -2.28. The van der Waals surface area contributed by atoms with Crippen LogP contribution in [0.3, 0.4) is 0 Å². The maximum Gasteiger partial charge on any atom is 0.251 e. The van der Waals surface area contributed by atoms with Crippen LogP contribution in [0.2, 0.25) is 0 Å². The average molecular weight is 441 g/mol. The Balaban J connectivity index is 1.50. The van der Waals surface area contributed by atoms with E-state index >= 15 is 0 Å². The molecule has 1 aromatic heterocycles. The highest BCUT2D eigenvalue weighted by molar-refractivity contribution is 7.89. The van der Waals surface area contributed by atoms with Crippen LogP contribution in [0.5, 0.6) is 5.75 Å². The Bertz CT molecular complexity index is 1170. The van der Waals surface area contributed by atoms with Crippen LogP contribution in [0, 0.1) is 0 Å². The van der Waals surface area contributed by atoms with Crippen molar-refractivity contribution in [3.8, 4) is 11.4 Å². The molecule has 162 valence electrons. The van der Waals surface area contributed by atoms with E-state index in [1.807, 2.05) is 42.0 Å². The fraction of sp³-hybridized carbons (Fsp3) is 0.273. The molecule has 2 aromatic carbocycles. The van der Waals surface area contributed by atoms with Gasteiger partial charge in [0.15, 0.2) is 0 Å². The summed E-state index contributed by atoms with van der Waals surface area (Å²) in [5.74, 6) is -0.162. The van der Waals surface area contributed by atoms with Gasteiger partial charge in [0.25, 0.3) is 5.91 Å². The highest BCUT2D eigenvalue weighted by Gasteiger charge is 2.30. The van der Waals surface area contributed by atoms with E-state index in [4.69, 9.17) is 4.74 Å². The number of aromatic nitrogens is 2. The quantitative estimate of drug-likeness (QED) is 0.561. The standard InChI is InChI=1S/C22H24N4O4S/c1-15(16-3-8-19(9-4-16)26-12-11-23-14-26)24-22(27)17-5-10-20(30-2)21(13-17)31(28,29)25-18-6-7-18/h3-5,8-15,18,25H,6-7H2,1-2H3,(H,24,27)/t15-/m0/s1. The third-order valence-corrected chi connectivity index (χ3v) is 6.70. The van der Waals surface area contributed by atoms with Crippen LogP contribution in [0.15, 0.2) is 66.1 Å². The molecule has 0 unspecified atom stereocenters. The molecule has 1 fully saturated rings. The van der Waals surface area contributed by atoms with Gasteiger partial charge in [-0.2, -0.15) is 0 Å². The first-order valence-electron chi connectivity index (χ1n) is 9.97. The van der Waals surface area contributed by atoms with Crippen molar-refractivity contribution in [3.05, 3.63) is 72.3 Å². The van der Waals surface area contributed by atoms with E-state index in [2.05, 4.69) is 15.0 Å². The number of benzene rings is 2. The van der Waals surface area contributed by atoms with Crippen LogP contribution in [0.4, 0.5) is 0 Å².